The molecule has 1 fully saturated rings. The maximum Gasteiger partial charge on any atom is 0.146 e. The largest absolute Gasteiger partial charge is 0.352 e. The van der Waals surface area contributed by atoms with Crippen LogP contribution in [0.15, 0.2) is 35.1 Å². The van der Waals surface area contributed by atoms with Crippen molar-refractivity contribution in [3.05, 3.63) is 52.0 Å². The van der Waals surface area contributed by atoms with Crippen LogP contribution < -0.4 is 5.32 Å². The average molecular weight is 321 g/mol. The Balaban J connectivity index is 1.88. The third-order valence-corrected chi connectivity index (χ3v) is 4.26. The van der Waals surface area contributed by atoms with Gasteiger partial charge < -0.3 is 5.32 Å². The van der Waals surface area contributed by atoms with Crippen LogP contribution in [0.1, 0.15) is 29.9 Å². The number of rotatable bonds is 3. The fourth-order valence-corrected chi connectivity index (χ4v) is 2.41. The molecule has 3 rings (SSSR count). The molecule has 0 saturated heterocycles. The number of aromatic nitrogens is 1. The van der Waals surface area contributed by atoms with Gasteiger partial charge in [-0.2, -0.15) is 0 Å². The first-order valence-electron chi connectivity index (χ1n) is 6.31. The third kappa shape index (κ3) is 2.63. The van der Waals surface area contributed by atoms with Crippen LogP contribution in [0.4, 0.5) is 15.8 Å². The molecule has 1 heterocycles. The molecule has 19 heavy (non-hydrogen) atoms. The van der Waals surface area contributed by atoms with Crippen LogP contribution in [-0.4, -0.2) is 4.98 Å². The molecule has 0 radical (unpaired) electrons. The molecule has 1 aliphatic carbocycles. The van der Waals surface area contributed by atoms with Crippen molar-refractivity contribution in [1.29, 1.82) is 0 Å². The summed E-state index contributed by atoms with van der Waals surface area (Å²) in [5.41, 5.74) is 3.42. The van der Waals surface area contributed by atoms with Crippen molar-refractivity contribution in [3.63, 3.8) is 0 Å². The number of nitrogens with one attached hydrogen (secondary N) is 1. The van der Waals surface area contributed by atoms with E-state index in [9.17, 15) is 4.39 Å². The fourth-order valence-electron chi connectivity index (χ4n) is 2.07. The van der Waals surface area contributed by atoms with E-state index in [-0.39, 0.29) is 5.82 Å². The maximum absolute atomic E-state index is 14.1. The first-order valence-corrected chi connectivity index (χ1v) is 7.11. The minimum absolute atomic E-state index is 0.205. The summed E-state index contributed by atoms with van der Waals surface area (Å²) in [4.78, 5) is 4.09. The number of nitrogens with zero attached hydrogens (tertiary/aromatic N) is 1. The van der Waals surface area contributed by atoms with Crippen LogP contribution in [0.25, 0.3) is 0 Å². The summed E-state index contributed by atoms with van der Waals surface area (Å²) in [6, 6.07) is 5.45. The van der Waals surface area contributed by atoms with Crippen LogP contribution >= 0.6 is 15.9 Å². The summed E-state index contributed by atoms with van der Waals surface area (Å²) in [6.07, 6.45) is 5.79. The number of anilines is 2. The topological polar surface area (TPSA) is 24.9 Å². The Morgan fingerprint density at radius 2 is 2.05 bits per heavy atom. The van der Waals surface area contributed by atoms with Gasteiger partial charge in [0.05, 0.1) is 17.6 Å². The smallest absolute Gasteiger partial charge is 0.146 e. The molecule has 1 aliphatic rings. The number of halogens is 2. The Hall–Kier alpha value is -1.42. The lowest BCUT2D eigenvalue weighted by atomic mass is 10.1. The van der Waals surface area contributed by atoms with E-state index in [0.717, 1.165) is 21.3 Å². The van der Waals surface area contributed by atoms with Gasteiger partial charge in [-0.05, 0) is 64.9 Å². The molecule has 1 saturated carbocycles. The number of hydrogen-bond acceptors (Lipinski definition) is 2. The summed E-state index contributed by atoms with van der Waals surface area (Å²) in [5, 5.41) is 3.10. The van der Waals surface area contributed by atoms with Crippen molar-refractivity contribution in [2.24, 2.45) is 0 Å². The first-order chi connectivity index (χ1) is 9.15. The van der Waals surface area contributed by atoms with Crippen molar-refractivity contribution in [1.82, 2.24) is 4.98 Å². The van der Waals surface area contributed by atoms with Gasteiger partial charge in [-0.15, -0.1) is 0 Å². The molecule has 0 atom stereocenters. The second-order valence-electron chi connectivity index (χ2n) is 4.93. The molecular weight excluding hydrogens is 307 g/mol. The number of hydrogen-bond donors (Lipinski definition) is 1. The summed E-state index contributed by atoms with van der Waals surface area (Å²) in [7, 11) is 0. The molecule has 0 aliphatic heterocycles. The van der Waals surface area contributed by atoms with Crippen molar-refractivity contribution >= 4 is 27.3 Å². The van der Waals surface area contributed by atoms with E-state index in [2.05, 4.69) is 26.2 Å². The van der Waals surface area contributed by atoms with Gasteiger partial charge in [0.15, 0.2) is 0 Å². The molecule has 0 amide bonds. The van der Waals surface area contributed by atoms with E-state index in [1.165, 1.54) is 12.8 Å². The van der Waals surface area contributed by atoms with Crippen molar-refractivity contribution in [3.8, 4) is 0 Å². The molecule has 0 bridgehead atoms. The molecule has 2 nitrogen and oxygen atoms in total. The zero-order valence-electron chi connectivity index (χ0n) is 10.6. The highest BCUT2D eigenvalue weighted by molar-refractivity contribution is 9.10. The lowest BCUT2D eigenvalue weighted by molar-refractivity contribution is 0.629. The van der Waals surface area contributed by atoms with Crippen LogP contribution in [0, 0.1) is 12.7 Å². The second-order valence-corrected chi connectivity index (χ2v) is 5.79. The van der Waals surface area contributed by atoms with Gasteiger partial charge in [0.2, 0.25) is 0 Å². The summed E-state index contributed by atoms with van der Waals surface area (Å²) < 4.78 is 15.0. The maximum atomic E-state index is 14.1. The Morgan fingerprint density at radius 1 is 1.26 bits per heavy atom. The van der Waals surface area contributed by atoms with Gasteiger partial charge in [0.25, 0.3) is 0 Å². The van der Waals surface area contributed by atoms with Crippen LogP contribution in [0.2, 0.25) is 0 Å². The summed E-state index contributed by atoms with van der Waals surface area (Å²) >= 11 is 3.42. The predicted molar refractivity (Wildman–Crippen MR) is 78.3 cm³/mol. The zero-order chi connectivity index (χ0) is 13.4. The van der Waals surface area contributed by atoms with Crippen LogP contribution in [0.3, 0.4) is 0 Å². The van der Waals surface area contributed by atoms with E-state index in [1.807, 2.05) is 19.1 Å². The zero-order valence-corrected chi connectivity index (χ0v) is 12.2. The number of pyridine rings is 1. The molecule has 1 aromatic carbocycles. The minimum Gasteiger partial charge on any atom is -0.352 e. The lowest BCUT2D eigenvalue weighted by Crippen LogP contribution is -1.98. The highest BCUT2D eigenvalue weighted by Crippen LogP contribution is 2.41. The van der Waals surface area contributed by atoms with E-state index < -0.39 is 0 Å². The standard InChI is InChI=1S/C15H14BrFN2/c1-9-12(16)7-18-8-15(9)19-14-5-4-11(6-13(14)17)10-2-3-10/h4-8,10,19H,2-3H2,1H3. The summed E-state index contributed by atoms with van der Waals surface area (Å²) in [6.45, 7) is 1.96. The molecule has 1 N–H and O–H groups in total. The van der Waals surface area contributed by atoms with Gasteiger partial charge >= 0.3 is 0 Å². The van der Waals surface area contributed by atoms with Crippen LogP contribution in [0.5, 0.6) is 0 Å². The van der Waals surface area contributed by atoms with E-state index in [0.29, 0.717) is 11.6 Å². The highest BCUT2D eigenvalue weighted by atomic mass is 79.9. The molecule has 98 valence electrons. The Morgan fingerprint density at radius 3 is 2.74 bits per heavy atom. The lowest BCUT2D eigenvalue weighted by Gasteiger charge is -2.11. The van der Waals surface area contributed by atoms with E-state index in [4.69, 9.17) is 0 Å². The first kappa shape index (κ1) is 12.6. The Bertz CT molecular complexity index is 624. The van der Waals surface area contributed by atoms with Crippen molar-refractivity contribution in [2.75, 3.05) is 5.32 Å². The minimum atomic E-state index is -0.205. The normalized spacial score (nSPS) is 14.5. The van der Waals surface area contributed by atoms with Gasteiger partial charge in [-0.3, -0.25) is 4.98 Å². The molecule has 0 spiro atoms. The number of benzene rings is 1. The van der Waals surface area contributed by atoms with Gasteiger partial charge in [-0.1, -0.05) is 6.07 Å². The third-order valence-electron chi connectivity index (χ3n) is 3.46. The Kier molecular flexibility index (Phi) is 3.27. The average Bonchev–Trinajstić information content (AvgIpc) is 3.21. The van der Waals surface area contributed by atoms with E-state index >= 15 is 0 Å². The molecule has 4 heteroatoms. The van der Waals surface area contributed by atoms with Gasteiger partial charge in [0.1, 0.15) is 5.82 Å². The fraction of sp³-hybridized carbons (Fsp3) is 0.267. The molecule has 1 aromatic heterocycles. The molecule has 2 aromatic rings. The van der Waals surface area contributed by atoms with Gasteiger partial charge in [-0.25, -0.2) is 4.39 Å². The van der Waals surface area contributed by atoms with Gasteiger partial charge in [0, 0.05) is 10.7 Å². The predicted octanol–water partition coefficient (Wildman–Crippen LogP) is 4.91. The van der Waals surface area contributed by atoms with Crippen LogP contribution in [-0.2, 0) is 0 Å². The monoisotopic (exact) mass is 320 g/mol. The van der Waals surface area contributed by atoms with E-state index in [1.54, 1.807) is 18.5 Å². The summed E-state index contributed by atoms with van der Waals surface area (Å²) in [5.74, 6) is 0.363. The quantitative estimate of drug-likeness (QED) is 0.868. The molecular formula is C15H14BrFN2. The van der Waals surface area contributed by atoms with Crippen molar-refractivity contribution in [2.45, 2.75) is 25.7 Å². The Labute approximate surface area is 120 Å². The second kappa shape index (κ2) is 4.93. The SMILES string of the molecule is Cc1c(Br)cncc1Nc1ccc(C2CC2)cc1F. The highest BCUT2D eigenvalue weighted by Gasteiger charge is 2.24. The van der Waals surface area contributed by atoms with Crippen molar-refractivity contribution < 1.29 is 4.39 Å². The molecule has 0 unspecified atom stereocenters.